The van der Waals surface area contributed by atoms with E-state index >= 15 is 0 Å². The number of amides is 1. The molecule has 1 aliphatic carbocycles. The van der Waals surface area contributed by atoms with Crippen LogP contribution in [0.1, 0.15) is 32.1 Å². The van der Waals surface area contributed by atoms with Gasteiger partial charge in [0.05, 0.1) is 12.0 Å². The van der Waals surface area contributed by atoms with Crippen molar-refractivity contribution in [1.29, 1.82) is 0 Å². The van der Waals surface area contributed by atoms with Gasteiger partial charge in [-0.3, -0.25) is 4.79 Å². The van der Waals surface area contributed by atoms with Crippen molar-refractivity contribution in [2.24, 2.45) is 11.1 Å². The molecule has 0 bridgehead atoms. The van der Waals surface area contributed by atoms with Crippen LogP contribution in [0.5, 0.6) is 0 Å². The molecule has 110 valence electrons. The van der Waals surface area contributed by atoms with Gasteiger partial charge in [-0.25, -0.2) is 0 Å². The maximum absolute atomic E-state index is 13.0. The maximum Gasteiger partial charge on any atom is 0.230 e. The van der Waals surface area contributed by atoms with Crippen LogP contribution in [-0.2, 0) is 9.53 Å². The van der Waals surface area contributed by atoms with Gasteiger partial charge in [0, 0.05) is 32.0 Å². The fourth-order valence-electron chi connectivity index (χ4n) is 3.27. The molecule has 1 heterocycles. The number of rotatable bonds is 6. The fourth-order valence-corrected chi connectivity index (χ4v) is 4.49. The van der Waals surface area contributed by atoms with Crippen molar-refractivity contribution in [3.8, 4) is 0 Å². The first kappa shape index (κ1) is 15.1. The highest BCUT2D eigenvalue weighted by atomic mass is 32.2. The van der Waals surface area contributed by atoms with Crippen LogP contribution in [0, 0.1) is 5.41 Å². The Balaban J connectivity index is 2.09. The SMILES string of the molecule is COCCN(C(=O)C1(CN)CCCC1)C1CCSC1. The van der Waals surface area contributed by atoms with Gasteiger partial charge in [-0.2, -0.15) is 11.8 Å². The summed E-state index contributed by atoms with van der Waals surface area (Å²) in [6.45, 7) is 1.82. The van der Waals surface area contributed by atoms with E-state index in [2.05, 4.69) is 4.90 Å². The Labute approximate surface area is 120 Å². The third-order valence-corrected chi connectivity index (χ3v) is 5.69. The Morgan fingerprint density at radius 1 is 1.47 bits per heavy atom. The lowest BCUT2D eigenvalue weighted by atomic mass is 9.84. The second-order valence-corrected chi connectivity index (χ2v) is 6.85. The summed E-state index contributed by atoms with van der Waals surface area (Å²) in [6, 6.07) is 0.386. The number of hydrogen-bond acceptors (Lipinski definition) is 4. The molecule has 0 aromatic heterocycles. The average molecular weight is 286 g/mol. The molecule has 1 aliphatic heterocycles. The van der Waals surface area contributed by atoms with Crippen LogP contribution in [0.25, 0.3) is 0 Å². The average Bonchev–Trinajstić information content (AvgIpc) is 3.11. The van der Waals surface area contributed by atoms with Crippen LogP contribution in [0.15, 0.2) is 0 Å². The van der Waals surface area contributed by atoms with Crippen molar-refractivity contribution in [2.45, 2.75) is 38.1 Å². The maximum atomic E-state index is 13.0. The van der Waals surface area contributed by atoms with E-state index in [0.29, 0.717) is 25.7 Å². The highest BCUT2D eigenvalue weighted by molar-refractivity contribution is 7.99. The summed E-state index contributed by atoms with van der Waals surface area (Å²) in [7, 11) is 1.69. The van der Waals surface area contributed by atoms with Gasteiger partial charge in [-0.05, 0) is 25.0 Å². The number of carbonyl (C=O) groups excluding carboxylic acids is 1. The zero-order chi connectivity index (χ0) is 13.7. The summed E-state index contributed by atoms with van der Waals surface area (Å²) in [4.78, 5) is 15.0. The molecule has 2 rings (SSSR count). The van der Waals surface area contributed by atoms with Crippen LogP contribution in [0.2, 0.25) is 0 Å². The van der Waals surface area contributed by atoms with Crippen molar-refractivity contribution in [1.82, 2.24) is 4.90 Å². The number of thioether (sulfide) groups is 1. The molecule has 1 amide bonds. The topological polar surface area (TPSA) is 55.6 Å². The molecule has 2 fully saturated rings. The van der Waals surface area contributed by atoms with Crippen LogP contribution in [0.4, 0.5) is 0 Å². The fraction of sp³-hybridized carbons (Fsp3) is 0.929. The summed E-state index contributed by atoms with van der Waals surface area (Å²) in [5.41, 5.74) is 5.67. The molecular weight excluding hydrogens is 260 g/mol. The lowest BCUT2D eigenvalue weighted by Crippen LogP contribution is -2.51. The predicted molar refractivity (Wildman–Crippen MR) is 79.3 cm³/mol. The largest absolute Gasteiger partial charge is 0.383 e. The van der Waals surface area contributed by atoms with E-state index in [-0.39, 0.29) is 11.3 Å². The van der Waals surface area contributed by atoms with E-state index in [1.807, 2.05) is 11.8 Å². The smallest absolute Gasteiger partial charge is 0.230 e. The van der Waals surface area contributed by atoms with Crippen LogP contribution >= 0.6 is 11.8 Å². The molecule has 0 aromatic carbocycles. The molecule has 0 radical (unpaired) electrons. The highest BCUT2D eigenvalue weighted by Crippen LogP contribution is 2.40. The van der Waals surface area contributed by atoms with E-state index in [1.54, 1.807) is 7.11 Å². The summed E-state index contributed by atoms with van der Waals surface area (Å²) in [5, 5.41) is 0. The van der Waals surface area contributed by atoms with E-state index in [9.17, 15) is 4.79 Å². The van der Waals surface area contributed by atoms with E-state index in [4.69, 9.17) is 10.5 Å². The van der Waals surface area contributed by atoms with Crippen molar-refractivity contribution in [2.75, 3.05) is 38.3 Å². The zero-order valence-electron chi connectivity index (χ0n) is 11.9. The number of methoxy groups -OCH3 is 1. The summed E-state index contributed by atoms with van der Waals surface area (Å²) in [6.07, 6.45) is 5.32. The normalized spacial score (nSPS) is 25.7. The second kappa shape index (κ2) is 6.95. The molecule has 4 nitrogen and oxygen atoms in total. The first-order chi connectivity index (χ1) is 9.23. The molecule has 1 saturated carbocycles. The van der Waals surface area contributed by atoms with Gasteiger partial charge in [-0.15, -0.1) is 0 Å². The molecule has 5 heteroatoms. The van der Waals surface area contributed by atoms with Crippen LogP contribution < -0.4 is 5.73 Å². The van der Waals surface area contributed by atoms with Crippen molar-refractivity contribution in [3.63, 3.8) is 0 Å². The molecule has 2 aliphatic rings. The van der Waals surface area contributed by atoms with Gasteiger partial charge < -0.3 is 15.4 Å². The summed E-state index contributed by atoms with van der Waals surface area (Å²) < 4.78 is 5.18. The number of nitrogens with two attached hydrogens (primary N) is 1. The molecule has 0 aromatic rings. The lowest BCUT2D eigenvalue weighted by molar-refractivity contribution is -0.144. The Hall–Kier alpha value is -0.260. The highest BCUT2D eigenvalue weighted by Gasteiger charge is 2.44. The van der Waals surface area contributed by atoms with E-state index < -0.39 is 0 Å². The molecule has 19 heavy (non-hydrogen) atoms. The third kappa shape index (κ3) is 3.26. The Bertz CT molecular complexity index is 300. The van der Waals surface area contributed by atoms with Gasteiger partial charge in [0.15, 0.2) is 0 Å². The van der Waals surface area contributed by atoms with Crippen molar-refractivity contribution < 1.29 is 9.53 Å². The van der Waals surface area contributed by atoms with E-state index in [1.165, 1.54) is 0 Å². The second-order valence-electron chi connectivity index (χ2n) is 5.70. The van der Waals surface area contributed by atoms with Gasteiger partial charge in [0.1, 0.15) is 0 Å². The third-order valence-electron chi connectivity index (χ3n) is 4.55. The summed E-state index contributed by atoms with van der Waals surface area (Å²) >= 11 is 1.94. The Morgan fingerprint density at radius 2 is 2.21 bits per heavy atom. The van der Waals surface area contributed by atoms with Gasteiger partial charge >= 0.3 is 0 Å². The molecule has 0 spiro atoms. The molecule has 1 atom stereocenters. The van der Waals surface area contributed by atoms with Crippen molar-refractivity contribution in [3.05, 3.63) is 0 Å². The predicted octanol–water partition coefficient (Wildman–Crippen LogP) is 1.49. The lowest BCUT2D eigenvalue weighted by Gasteiger charge is -2.37. The van der Waals surface area contributed by atoms with Crippen LogP contribution in [0.3, 0.4) is 0 Å². The molecule has 1 saturated heterocycles. The summed E-state index contributed by atoms with van der Waals surface area (Å²) in [5.74, 6) is 2.52. The number of nitrogens with zero attached hydrogens (tertiary/aromatic N) is 1. The van der Waals surface area contributed by atoms with Gasteiger partial charge in [0.2, 0.25) is 5.91 Å². The standard InChI is InChI=1S/C14H26N2O2S/c1-18-8-7-16(12-4-9-19-10-12)13(17)14(11-15)5-2-3-6-14/h12H,2-11,15H2,1H3. The minimum Gasteiger partial charge on any atom is -0.383 e. The molecule has 2 N–H and O–H groups in total. The first-order valence-corrected chi connectivity index (χ1v) is 8.47. The Kier molecular flexibility index (Phi) is 5.54. The van der Waals surface area contributed by atoms with Crippen LogP contribution in [-0.4, -0.2) is 55.2 Å². The minimum atomic E-state index is -0.277. The molecule has 1 unspecified atom stereocenters. The first-order valence-electron chi connectivity index (χ1n) is 7.31. The monoisotopic (exact) mass is 286 g/mol. The zero-order valence-corrected chi connectivity index (χ0v) is 12.7. The van der Waals surface area contributed by atoms with Gasteiger partial charge in [0.25, 0.3) is 0 Å². The van der Waals surface area contributed by atoms with E-state index in [0.717, 1.165) is 43.6 Å². The van der Waals surface area contributed by atoms with Gasteiger partial charge in [-0.1, -0.05) is 12.8 Å². The number of hydrogen-bond donors (Lipinski definition) is 1. The number of ether oxygens (including phenoxy) is 1. The number of carbonyl (C=O) groups is 1. The Morgan fingerprint density at radius 3 is 2.74 bits per heavy atom. The van der Waals surface area contributed by atoms with Crippen molar-refractivity contribution >= 4 is 17.7 Å². The minimum absolute atomic E-state index is 0.277. The quantitative estimate of drug-likeness (QED) is 0.804. The molecular formula is C14H26N2O2S.